The van der Waals surface area contributed by atoms with E-state index in [0.29, 0.717) is 24.3 Å². The Labute approximate surface area is 198 Å². The second-order valence-corrected chi connectivity index (χ2v) is 10.9. The number of carbonyl (C=O) groups is 3. The van der Waals surface area contributed by atoms with Crippen molar-refractivity contribution in [3.8, 4) is 0 Å². The molecule has 0 radical (unpaired) electrons. The molecule has 2 aromatic carbocycles. The number of imide groups is 1. The lowest BCUT2D eigenvalue weighted by Gasteiger charge is -2.33. The zero-order valence-corrected chi connectivity index (χ0v) is 20.2. The monoisotopic (exact) mass is 484 g/mol. The third kappa shape index (κ3) is 4.50. The number of hydrogen-bond acceptors (Lipinski definition) is 5. The number of anilines is 1. The molecule has 2 aliphatic rings. The molecule has 34 heavy (non-hydrogen) atoms. The molecule has 0 aromatic heterocycles. The second-order valence-electron chi connectivity index (χ2n) is 9.23. The van der Waals surface area contributed by atoms with Crippen molar-refractivity contribution in [2.45, 2.75) is 56.9 Å². The highest BCUT2D eigenvalue weighted by molar-refractivity contribution is 7.92. The van der Waals surface area contributed by atoms with Crippen LogP contribution in [-0.2, 0) is 14.8 Å². The van der Waals surface area contributed by atoms with E-state index in [1.54, 1.807) is 19.1 Å². The first-order valence-corrected chi connectivity index (χ1v) is 12.7. The van der Waals surface area contributed by atoms with Crippen LogP contribution in [0.3, 0.4) is 0 Å². The lowest BCUT2D eigenvalue weighted by Crippen LogP contribution is -2.51. The molecule has 9 nitrogen and oxygen atoms in total. The summed E-state index contributed by atoms with van der Waals surface area (Å²) in [6, 6.07) is 10.3. The highest BCUT2D eigenvalue weighted by Gasteiger charge is 2.52. The standard InChI is InChI=1S/C24H28N4O5S/c1-15-10-12-24(13-11-15)22(30)28(23(31)25-24)26-21(29)18-6-8-19(9-7-18)27-34(32,33)20-14-16(2)4-5-17(20)3/h4-9,14-15,27H,10-13H2,1-3H3,(H,25,31)(H,26,29). The van der Waals surface area contributed by atoms with Gasteiger partial charge in [-0.05, 0) is 86.9 Å². The van der Waals surface area contributed by atoms with Crippen LogP contribution in [0, 0.1) is 19.8 Å². The van der Waals surface area contributed by atoms with Gasteiger partial charge >= 0.3 is 6.03 Å². The summed E-state index contributed by atoms with van der Waals surface area (Å²) in [5.74, 6) is -0.603. The van der Waals surface area contributed by atoms with E-state index in [-0.39, 0.29) is 16.1 Å². The van der Waals surface area contributed by atoms with Crippen molar-refractivity contribution < 1.29 is 22.8 Å². The van der Waals surface area contributed by atoms with Gasteiger partial charge in [0.1, 0.15) is 5.54 Å². The predicted octanol–water partition coefficient (Wildman–Crippen LogP) is 3.25. The maximum atomic E-state index is 12.9. The van der Waals surface area contributed by atoms with Crippen LogP contribution in [0.1, 0.15) is 54.1 Å². The van der Waals surface area contributed by atoms with E-state index in [0.717, 1.165) is 23.4 Å². The molecule has 4 rings (SSSR count). The fraction of sp³-hybridized carbons (Fsp3) is 0.375. The summed E-state index contributed by atoms with van der Waals surface area (Å²) in [4.78, 5) is 38.2. The summed E-state index contributed by atoms with van der Waals surface area (Å²) in [6.45, 7) is 5.64. The van der Waals surface area contributed by atoms with E-state index in [4.69, 9.17) is 0 Å². The minimum atomic E-state index is -3.81. The van der Waals surface area contributed by atoms with Gasteiger partial charge in [0.15, 0.2) is 0 Å². The number of hydrogen-bond donors (Lipinski definition) is 3. The van der Waals surface area contributed by atoms with E-state index < -0.39 is 33.4 Å². The molecule has 180 valence electrons. The molecule has 4 amide bonds. The van der Waals surface area contributed by atoms with Crippen molar-refractivity contribution in [2.24, 2.45) is 5.92 Å². The van der Waals surface area contributed by atoms with Crippen molar-refractivity contribution in [2.75, 3.05) is 4.72 Å². The van der Waals surface area contributed by atoms with Gasteiger partial charge in [-0.25, -0.2) is 13.2 Å². The number of sulfonamides is 1. The molecule has 0 bridgehead atoms. The molecule has 0 atom stereocenters. The zero-order chi connectivity index (χ0) is 24.7. The van der Waals surface area contributed by atoms with Crippen LogP contribution < -0.4 is 15.5 Å². The maximum Gasteiger partial charge on any atom is 0.344 e. The fourth-order valence-electron chi connectivity index (χ4n) is 4.38. The lowest BCUT2D eigenvalue weighted by atomic mass is 9.77. The average molecular weight is 485 g/mol. The molecule has 1 heterocycles. The average Bonchev–Trinajstić information content (AvgIpc) is 3.01. The summed E-state index contributed by atoms with van der Waals surface area (Å²) >= 11 is 0. The molecule has 10 heteroatoms. The Bertz CT molecular complexity index is 1250. The molecule has 3 N–H and O–H groups in total. The highest BCUT2D eigenvalue weighted by atomic mass is 32.2. The number of rotatable bonds is 5. The molecule has 0 unspecified atom stereocenters. The van der Waals surface area contributed by atoms with Crippen molar-refractivity contribution in [3.05, 3.63) is 59.2 Å². The Hall–Kier alpha value is -3.40. The quantitative estimate of drug-likeness (QED) is 0.562. The number of aryl methyl sites for hydroxylation is 2. The van der Waals surface area contributed by atoms with Crippen LogP contribution in [0.25, 0.3) is 0 Å². The Balaban J connectivity index is 1.44. The predicted molar refractivity (Wildman–Crippen MR) is 126 cm³/mol. The Morgan fingerprint density at radius 3 is 2.35 bits per heavy atom. The first kappa shape index (κ1) is 23.7. The van der Waals surface area contributed by atoms with Crippen LogP contribution >= 0.6 is 0 Å². The SMILES string of the molecule is Cc1ccc(C)c(S(=O)(=O)Nc2ccc(C(=O)NN3C(=O)NC4(CCC(C)CC4)C3=O)cc2)c1. The molecular formula is C24H28N4O5S. The number of nitrogens with zero attached hydrogens (tertiary/aromatic N) is 1. The molecule has 1 saturated heterocycles. The first-order valence-electron chi connectivity index (χ1n) is 11.2. The van der Waals surface area contributed by atoms with Crippen molar-refractivity contribution in [1.82, 2.24) is 15.8 Å². The number of carbonyl (C=O) groups excluding carboxylic acids is 3. The Morgan fingerprint density at radius 1 is 1.06 bits per heavy atom. The second kappa shape index (κ2) is 8.75. The van der Waals surface area contributed by atoms with Gasteiger partial charge in [0, 0.05) is 11.3 Å². The van der Waals surface area contributed by atoms with Crippen LogP contribution in [0.5, 0.6) is 0 Å². The highest BCUT2D eigenvalue weighted by Crippen LogP contribution is 2.35. The molecule has 2 fully saturated rings. The molecule has 2 aromatic rings. The Kier molecular flexibility index (Phi) is 6.11. The van der Waals surface area contributed by atoms with Gasteiger partial charge in [-0.3, -0.25) is 19.7 Å². The van der Waals surface area contributed by atoms with Crippen molar-refractivity contribution in [3.63, 3.8) is 0 Å². The largest absolute Gasteiger partial charge is 0.344 e. The van der Waals surface area contributed by atoms with Crippen LogP contribution in [0.4, 0.5) is 10.5 Å². The Morgan fingerprint density at radius 2 is 1.71 bits per heavy atom. The molecule has 1 aliphatic heterocycles. The molecule has 1 saturated carbocycles. The van der Waals surface area contributed by atoms with E-state index >= 15 is 0 Å². The summed E-state index contributed by atoms with van der Waals surface area (Å²) < 4.78 is 28.1. The van der Waals surface area contributed by atoms with Crippen LogP contribution in [-0.4, -0.2) is 36.8 Å². The van der Waals surface area contributed by atoms with Gasteiger partial charge in [0.25, 0.3) is 21.8 Å². The summed E-state index contributed by atoms with van der Waals surface area (Å²) in [5, 5.41) is 3.50. The van der Waals surface area contributed by atoms with Crippen molar-refractivity contribution in [1.29, 1.82) is 0 Å². The smallest absolute Gasteiger partial charge is 0.322 e. The van der Waals surface area contributed by atoms with E-state index in [1.807, 2.05) is 13.0 Å². The normalized spacial score (nSPS) is 22.6. The number of benzene rings is 2. The van der Waals surface area contributed by atoms with Gasteiger partial charge in [-0.2, -0.15) is 5.01 Å². The summed E-state index contributed by atoms with van der Waals surface area (Å²) in [5.41, 5.74) is 3.32. The van der Waals surface area contributed by atoms with E-state index in [9.17, 15) is 22.8 Å². The molecular weight excluding hydrogens is 456 g/mol. The van der Waals surface area contributed by atoms with Gasteiger partial charge in [0.05, 0.1) is 4.90 Å². The van der Waals surface area contributed by atoms with Crippen molar-refractivity contribution >= 4 is 33.6 Å². The lowest BCUT2D eigenvalue weighted by molar-refractivity contribution is -0.134. The zero-order valence-electron chi connectivity index (χ0n) is 19.3. The summed E-state index contributed by atoms with van der Waals surface area (Å²) in [7, 11) is -3.81. The van der Waals surface area contributed by atoms with Gasteiger partial charge in [-0.15, -0.1) is 0 Å². The minimum absolute atomic E-state index is 0.175. The molecule has 1 spiro atoms. The van der Waals surface area contributed by atoms with E-state index in [1.165, 1.54) is 24.3 Å². The first-order chi connectivity index (χ1) is 16.0. The van der Waals surface area contributed by atoms with Crippen LogP contribution in [0.2, 0.25) is 0 Å². The minimum Gasteiger partial charge on any atom is -0.322 e. The van der Waals surface area contributed by atoms with Gasteiger partial charge < -0.3 is 5.32 Å². The number of nitrogens with one attached hydrogen (secondary N) is 3. The fourth-order valence-corrected chi connectivity index (χ4v) is 5.77. The number of amides is 4. The van der Waals surface area contributed by atoms with E-state index in [2.05, 4.69) is 22.4 Å². The van der Waals surface area contributed by atoms with Gasteiger partial charge in [0.2, 0.25) is 0 Å². The van der Waals surface area contributed by atoms with Crippen LogP contribution in [0.15, 0.2) is 47.4 Å². The third-order valence-corrected chi connectivity index (χ3v) is 8.06. The maximum absolute atomic E-state index is 12.9. The topological polar surface area (TPSA) is 125 Å². The molecule has 1 aliphatic carbocycles. The third-order valence-electron chi connectivity index (χ3n) is 6.54. The number of hydrazine groups is 1. The van der Waals surface area contributed by atoms with Gasteiger partial charge in [-0.1, -0.05) is 19.1 Å². The summed E-state index contributed by atoms with van der Waals surface area (Å²) in [6.07, 6.45) is 2.74. The number of urea groups is 1.